The highest BCUT2D eigenvalue weighted by molar-refractivity contribution is 6.15. The van der Waals surface area contributed by atoms with Gasteiger partial charge in [-0.25, -0.2) is 0 Å². The monoisotopic (exact) mass is 180 g/mol. The van der Waals surface area contributed by atoms with Gasteiger partial charge < -0.3 is 0 Å². The van der Waals surface area contributed by atoms with Gasteiger partial charge in [-0.1, -0.05) is 0 Å². The summed E-state index contributed by atoms with van der Waals surface area (Å²) in [6.45, 7) is 0. The predicted molar refractivity (Wildman–Crippen MR) is 43.2 cm³/mol. The van der Waals surface area contributed by atoms with Gasteiger partial charge in [0.1, 0.15) is 6.42 Å². The van der Waals surface area contributed by atoms with E-state index in [1.165, 1.54) is 30.1 Å². The fourth-order valence-corrected chi connectivity index (χ4v) is 1.01. The smallest absolute Gasteiger partial charge is 0.238 e. The molecule has 0 unspecified atom stereocenters. The van der Waals surface area contributed by atoms with Gasteiger partial charge in [0.25, 0.3) is 0 Å². The first-order chi connectivity index (χ1) is 6.07. The van der Waals surface area contributed by atoms with E-state index in [1.54, 1.807) is 0 Å². The zero-order valence-corrected chi connectivity index (χ0v) is 7.31. The number of guanidine groups is 1. The van der Waals surface area contributed by atoms with Crippen molar-refractivity contribution in [2.45, 2.75) is 6.42 Å². The lowest BCUT2D eigenvalue weighted by Crippen LogP contribution is -2.52. The van der Waals surface area contributed by atoms with E-state index < -0.39 is 0 Å². The van der Waals surface area contributed by atoms with E-state index in [2.05, 4.69) is 4.99 Å². The van der Waals surface area contributed by atoms with Crippen LogP contribution in [0, 0.1) is 11.5 Å². The zero-order valence-electron chi connectivity index (χ0n) is 7.31. The molecular weight excluding hydrogens is 172 g/mol. The Bertz CT molecular complexity index is 306. The normalized spacial score (nSPS) is 17.5. The van der Waals surface area contributed by atoms with Crippen molar-refractivity contribution in [2.24, 2.45) is 4.99 Å². The van der Waals surface area contributed by atoms with Crippen molar-refractivity contribution in [3.8, 4) is 6.19 Å². The van der Waals surface area contributed by atoms with Crippen LogP contribution < -0.4 is 0 Å². The second kappa shape index (κ2) is 3.23. The Morgan fingerprint density at radius 2 is 1.77 bits per heavy atom. The Morgan fingerprint density at radius 1 is 1.31 bits per heavy atom. The summed E-state index contributed by atoms with van der Waals surface area (Å²) in [6.07, 6.45) is 1.37. The van der Waals surface area contributed by atoms with Crippen LogP contribution in [0.1, 0.15) is 6.42 Å². The summed E-state index contributed by atoms with van der Waals surface area (Å²) in [5, 5.41) is 8.31. The quantitative estimate of drug-likeness (QED) is 0.359. The fourth-order valence-electron chi connectivity index (χ4n) is 1.01. The molecule has 1 heterocycles. The molecule has 0 aliphatic carbocycles. The largest absolute Gasteiger partial charge is 0.284 e. The summed E-state index contributed by atoms with van der Waals surface area (Å²) >= 11 is 0. The molecule has 1 saturated heterocycles. The number of rotatable bonds is 0. The predicted octanol–water partition coefficient (Wildman–Crippen LogP) is -0.856. The lowest BCUT2D eigenvalue weighted by atomic mass is 10.3. The number of carbonyl (C=O) groups is 2. The van der Waals surface area contributed by atoms with Crippen LogP contribution >= 0.6 is 0 Å². The molecule has 6 nitrogen and oxygen atoms in total. The number of nitriles is 1. The van der Waals surface area contributed by atoms with Crippen LogP contribution in [0.2, 0.25) is 0 Å². The van der Waals surface area contributed by atoms with Gasteiger partial charge in [-0.2, -0.15) is 5.26 Å². The Morgan fingerprint density at radius 3 is 2.15 bits per heavy atom. The molecule has 1 rings (SSSR count). The molecule has 1 aliphatic heterocycles. The third-order valence-corrected chi connectivity index (χ3v) is 1.80. The molecule has 0 atom stereocenters. The maximum absolute atomic E-state index is 11.1. The average molecular weight is 180 g/mol. The molecular formula is C7H8N4O2. The van der Waals surface area contributed by atoms with Gasteiger partial charge in [-0.15, -0.1) is 4.99 Å². The number of amides is 2. The first kappa shape index (κ1) is 9.19. The standard InChI is InChI=1S/C7H8N4O2/c1-10-5(12)3-6(13)11(2)7(10)9-4-8/h3H2,1-2H3. The van der Waals surface area contributed by atoms with Crippen LogP contribution in [0.25, 0.3) is 0 Å². The Kier molecular flexibility index (Phi) is 2.28. The van der Waals surface area contributed by atoms with Crippen molar-refractivity contribution in [2.75, 3.05) is 14.1 Å². The first-order valence-electron chi connectivity index (χ1n) is 3.58. The molecule has 0 radical (unpaired) electrons. The second-order valence-corrected chi connectivity index (χ2v) is 2.59. The van der Waals surface area contributed by atoms with Crippen LogP contribution in [0.15, 0.2) is 4.99 Å². The lowest BCUT2D eigenvalue weighted by Gasteiger charge is -2.30. The van der Waals surface area contributed by atoms with Crippen LogP contribution in [-0.4, -0.2) is 41.7 Å². The van der Waals surface area contributed by atoms with Crippen molar-refractivity contribution in [1.82, 2.24) is 9.80 Å². The molecule has 6 heteroatoms. The molecule has 0 N–H and O–H groups in total. The van der Waals surface area contributed by atoms with E-state index in [-0.39, 0.29) is 24.2 Å². The topological polar surface area (TPSA) is 76.8 Å². The maximum Gasteiger partial charge on any atom is 0.238 e. The minimum absolute atomic E-state index is 0.0729. The molecule has 1 fully saturated rings. The van der Waals surface area contributed by atoms with E-state index in [4.69, 9.17) is 5.26 Å². The average Bonchev–Trinajstić information content (AvgIpc) is 2.09. The number of carbonyl (C=O) groups excluding carboxylic acids is 2. The molecule has 0 aromatic carbocycles. The summed E-state index contributed by atoms with van der Waals surface area (Å²) in [5.41, 5.74) is 0. The highest BCUT2D eigenvalue weighted by atomic mass is 16.2. The SMILES string of the molecule is CN1C(=O)CC(=O)N(C)C1=NC#N. The second-order valence-electron chi connectivity index (χ2n) is 2.59. The minimum atomic E-state index is -0.350. The highest BCUT2D eigenvalue weighted by Gasteiger charge is 2.31. The van der Waals surface area contributed by atoms with Crippen molar-refractivity contribution in [1.29, 1.82) is 5.26 Å². The molecule has 2 amide bonds. The van der Waals surface area contributed by atoms with Gasteiger partial charge in [0.15, 0.2) is 0 Å². The molecule has 0 saturated carbocycles. The molecule has 13 heavy (non-hydrogen) atoms. The van der Waals surface area contributed by atoms with Crippen molar-refractivity contribution >= 4 is 17.8 Å². The van der Waals surface area contributed by atoms with E-state index in [1.807, 2.05) is 0 Å². The van der Waals surface area contributed by atoms with Crippen LogP contribution in [0.4, 0.5) is 0 Å². The molecule has 0 bridgehead atoms. The van der Waals surface area contributed by atoms with Crippen molar-refractivity contribution in [3.63, 3.8) is 0 Å². The molecule has 0 aromatic rings. The van der Waals surface area contributed by atoms with E-state index in [0.29, 0.717) is 0 Å². The Labute approximate surface area is 75.1 Å². The van der Waals surface area contributed by atoms with E-state index >= 15 is 0 Å². The molecule has 1 aliphatic rings. The van der Waals surface area contributed by atoms with E-state index in [0.717, 1.165) is 0 Å². The Hall–Kier alpha value is -1.90. The number of hydrogen-bond donors (Lipinski definition) is 0. The van der Waals surface area contributed by atoms with Gasteiger partial charge in [0.2, 0.25) is 24.0 Å². The van der Waals surface area contributed by atoms with Crippen molar-refractivity contribution < 1.29 is 9.59 Å². The lowest BCUT2D eigenvalue weighted by molar-refractivity contribution is -0.139. The van der Waals surface area contributed by atoms with Gasteiger partial charge >= 0.3 is 0 Å². The summed E-state index contributed by atoms with van der Waals surface area (Å²) in [5.74, 6) is -0.627. The van der Waals surface area contributed by atoms with Gasteiger partial charge in [-0.3, -0.25) is 19.4 Å². The molecule has 0 aromatic heterocycles. The van der Waals surface area contributed by atoms with Crippen molar-refractivity contribution in [3.05, 3.63) is 0 Å². The van der Waals surface area contributed by atoms with Gasteiger partial charge in [-0.05, 0) is 0 Å². The summed E-state index contributed by atoms with van der Waals surface area (Å²) < 4.78 is 0. The summed E-state index contributed by atoms with van der Waals surface area (Å²) in [7, 11) is 2.95. The highest BCUT2D eigenvalue weighted by Crippen LogP contribution is 2.07. The summed E-state index contributed by atoms with van der Waals surface area (Å²) in [6, 6.07) is 0. The van der Waals surface area contributed by atoms with Gasteiger partial charge in [0.05, 0.1) is 0 Å². The van der Waals surface area contributed by atoms with Crippen LogP contribution in [-0.2, 0) is 9.59 Å². The number of hydrogen-bond acceptors (Lipinski definition) is 4. The summed E-state index contributed by atoms with van der Waals surface area (Å²) in [4.78, 5) is 28.0. The van der Waals surface area contributed by atoms with Crippen LogP contribution in [0.5, 0.6) is 0 Å². The van der Waals surface area contributed by atoms with Crippen LogP contribution in [0.3, 0.4) is 0 Å². The maximum atomic E-state index is 11.1. The minimum Gasteiger partial charge on any atom is -0.284 e. The third kappa shape index (κ3) is 1.49. The molecule has 0 spiro atoms. The van der Waals surface area contributed by atoms with E-state index in [9.17, 15) is 9.59 Å². The Balaban J connectivity index is 3.04. The zero-order chi connectivity index (χ0) is 10.0. The fraction of sp³-hybridized carbons (Fsp3) is 0.429. The van der Waals surface area contributed by atoms with Gasteiger partial charge in [0, 0.05) is 14.1 Å². The third-order valence-electron chi connectivity index (χ3n) is 1.80. The number of nitrogens with zero attached hydrogens (tertiary/aromatic N) is 4. The first-order valence-corrected chi connectivity index (χ1v) is 3.58. The number of aliphatic imine (C=N–C) groups is 1. The molecule has 68 valence electrons.